The van der Waals surface area contributed by atoms with Gasteiger partial charge >= 0.3 is 0 Å². The predicted octanol–water partition coefficient (Wildman–Crippen LogP) is 3.66. The van der Waals surface area contributed by atoms with Crippen molar-refractivity contribution >= 4 is 0 Å². The summed E-state index contributed by atoms with van der Waals surface area (Å²) < 4.78 is 27.0. The van der Waals surface area contributed by atoms with Crippen LogP contribution in [-0.2, 0) is 11.3 Å². The lowest BCUT2D eigenvalue weighted by Crippen LogP contribution is -2.41. The zero-order chi connectivity index (χ0) is 18.6. The van der Waals surface area contributed by atoms with Crippen molar-refractivity contribution in [3.05, 3.63) is 48.0 Å². The van der Waals surface area contributed by atoms with Crippen molar-refractivity contribution in [1.29, 1.82) is 0 Å². The summed E-state index contributed by atoms with van der Waals surface area (Å²) in [7, 11) is 0. The van der Waals surface area contributed by atoms with Gasteiger partial charge in [0.05, 0.1) is 12.3 Å². The van der Waals surface area contributed by atoms with E-state index in [2.05, 4.69) is 23.1 Å². The maximum atomic E-state index is 13.0. The molecule has 0 bridgehead atoms. The van der Waals surface area contributed by atoms with Gasteiger partial charge in [-0.15, -0.1) is 0 Å². The van der Waals surface area contributed by atoms with Crippen LogP contribution in [0.2, 0.25) is 0 Å². The minimum absolute atomic E-state index is 0.165. The largest absolute Gasteiger partial charge is 0.490 e. The van der Waals surface area contributed by atoms with E-state index in [0.29, 0.717) is 5.92 Å². The van der Waals surface area contributed by atoms with Crippen LogP contribution in [0.15, 0.2) is 36.7 Å². The maximum absolute atomic E-state index is 13.0. The number of piperidine rings is 1. The molecule has 3 heterocycles. The number of ether oxygens (including phenoxy) is 2. The van der Waals surface area contributed by atoms with E-state index in [1.165, 1.54) is 17.7 Å². The van der Waals surface area contributed by atoms with Gasteiger partial charge in [-0.1, -0.05) is 0 Å². The van der Waals surface area contributed by atoms with Gasteiger partial charge in [0.2, 0.25) is 0 Å². The number of nitrogens with zero attached hydrogens (tertiary/aromatic N) is 3. The number of hydrogen-bond acceptors (Lipinski definition) is 4. The first kappa shape index (κ1) is 18.4. The minimum atomic E-state index is -0.227. The third-order valence-electron chi connectivity index (χ3n) is 5.66. The highest BCUT2D eigenvalue weighted by atomic mass is 19.1. The molecule has 0 amide bonds. The molecule has 0 spiro atoms. The smallest absolute Gasteiger partial charge is 0.123 e. The topological polar surface area (TPSA) is 39.5 Å². The van der Waals surface area contributed by atoms with Gasteiger partial charge in [0.15, 0.2) is 0 Å². The average Bonchev–Trinajstić information content (AvgIpc) is 3.34. The molecule has 146 valence electrons. The number of aromatic nitrogens is 2. The molecule has 27 heavy (non-hydrogen) atoms. The molecule has 4 rings (SSSR count). The number of hydrogen-bond donors (Lipinski definition) is 0. The van der Waals surface area contributed by atoms with Crippen molar-refractivity contribution in [2.45, 2.75) is 44.9 Å². The molecule has 2 atom stereocenters. The van der Waals surface area contributed by atoms with Crippen LogP contribution in [-0.4, -0.2) is 47.0 Å². The summed E-state index contributed by atoms with van der Waals surface area (Å²) in [4.78, 5) is 2.53. The first-order valence-corrected chi connectivity index (χ1v) is 10.00. The normalized spacial score (nSPS) is 24.4. The fourth-order valence-corrected chi connectivity index (χ4v) is 4.14. The van der Waals surface area contributed by atoms with E-state index in [1.54, 1.807) is 12.1 Å². The van der Waals surface area contributed by atoms with Gasteiger partial charge in [0, 0.05) is 50.5 Å². The summed E-state index contributed by atoms with van der Waals surface area (Å²) in [6, 6.07) is 6.31. The van der Waals surface area contributed by atoms with Crippen molar-refractivity contribution in [3.8, 4) is 5.75 Å². The standard InChI is InChI=1S/C21H28FN3O2/c1-2-25-15-17(13-23-25)21-16(9-12-26-21)14-24-10-7-20(8-11-24)27-19-5-3-18(22)4-6-19/h3-6,13,15-16,20-21H,2,7-12,14H2,1H3/t16-,21+/m0/s1. The van der Waals surface area contributed by atoms with Gasteiger partial charge in [-0.3, -0.25) is 4.68 Å². The van der Waals surface area contributed by atoms with Crippen molar-refractivity contribution in [2.24, 2.45) is 5.92 Å². The van der Waals surface area contributed by atoms with Crippen LogP contribution >= 0.6 is 0 Å². The van der Waals surface area contributed by atoms with Crippen LogP contribution in [0.3, 0.4) is 0 Å². The summed E-state index contributed by atoms with van der Waals surface area (Å²) in [6.45, 7) is 6.94. The Hall–Kier alpha value is -1.92. The molecule has 5 nitrogen and oxygen atoms in total. The number of rotatable bonds is 6. The molecule has 0 radical (unpaired) electrons. The van der Waals surface area contributed by atoms with Crippen molar-refractivity contribution < 1.29 is 13.9 Å². The van der Waals surface area contributed by atoms with Crippen molar-refractivity contribution in [3.63, 3.8) is 0 Å². The van der Waals surface area contributed by atoms with Crippen molar-refractivity contribution in [2.75, 3.05) is 26.2 Å². The molecular formula is C21H28FN3O2. The second-order valence-electron chi connectivity index (χ2n) is 7.54. The van der Waals surface area contributed by atoms with Crippen LogP contribution in [0.1, 0.15) is 37.9 Å². The Balaban J connectivity index is 1.27. The molecule has 6 heteroatoms. The number of halogens is 1. The molecule has 1 aromatic carbocycles. The average molecular weight is 373 g/mol. The highest BCUT2D eigenvalue weighted by Gasteiger charge is 2.33. The van der Waals surface area contributed by atoms with Crippen LogP contribution in [0.4, 0.5) is 4.39 Å². The Labute approximate surface area is 160 Å². The summed E-state index contributed by atoms with van der Waals surface area (Å²) >= 11 is 0. The quantitative estimate of drug-likeness (QED) is 0.775. The Morgan fingerprint density at radius 1 is 1.19 bits per heavy atom. The molecule has 2 fully saturated rings. The second kappa shape index (κ2) is 8.40. The zero-order valence-electron chi connectivity index (χ0n) is 15.9. The second-order valence-corrected chi connectivity index (χ2v) is 7.54. The maximum Gasteiger partial charge on any atom is 0.123 e. The van der Waals surface area contributed by atoms with E-state index in [4.69, 9.17) is 9.47 Å². The highest BCUT2D eigenvalue weighted by Crippen LogP contribution is 2.35. The number of benzene rings is 1. The predicted molar refractivity (Wildman–Crippen MR) is 101 cm³/mol. The van der Waals surface area contributed by atoms with Crippen LogP contribution < -0.4 is 4.74 Å². The molecule has 0 N–H and O–H groups in total. The lowest BCUT2D eigenvalue weighted by molar-refractivity contribution is 0.0587. The van der Waals surface area contributed by atoms with Gasteiger partial charge in [0.25, 0.3) is 0 Å². The van der Waals surface area contributed by atoms with E-state index in [1.807, 2.05) is 10.9 Å². The SMILES string of the molecule is CCn1cc([C@@H]2OCC[C@H]2CN2CCC(Oc3ccc(F)cc3)CC2)cn1. The summed E-state index contributed by atoms with van der Waals surface area (Å²) in [5.74, 6) is 1.05. The molecule has 1 aromatic heterocycles. The number of aryl methyl sites for hydroxylation is 1. The molecule has 2 saturated heterocycles. The van der Waals surface area contributed by atoms with Crippen LogP contribution in [0.5, 0.6) is 5.75 Å². The fourth-order valence-electron chi connectivity index (χ4n) is 4.14. The third kappa shape index (κ3) is 4.50. The molecule has 0 unspecified atom stereocenters. The van der Waals surface area contributed by atoms with Gasteiger partial charge < -0.3 is 14.4 Å². The van der Waals surface area contributed by atoms with E-state index in [-0.39, 0.29) is 18.0 Å². The van der Waals surface area contributed by atoms with E-state index < -0.39 is 0 Å². The van der Waals surface area contributed by atoms with E-state index in [0.717, 1.165) is 57.8 Å². The Morgan fingerprint density at radius 3 is 2.67 bits per heavy atom. The molecule has 2 aliphatic heterocycles. The third-order valence-corrected chi connectivity index (χ3v) is 5.66. The van der Waals surface area contributed by atoms with Crippen LogP contribution in [0, 0.1) is 11.7 Å². The lowest BCUT2D eigenvalue weighted by atomic mass is 9.95. The Kier molecular flexibility index (Phi) is 5.74. The van der Waals surface area contributed by atoms with Gasteiger partial charge in [-0.25, -0.2) is 4.39 Å². The van der Waals surface area contributed by atoms with E-state index >= 15 is 0 Å². The molecule has 2 aromatic rings. The lowest BCUT2D eigenvalue weighted by Gasteiger charge is -2.34. The summed E-state index contributed by atoms with van der Waals surface area (Å²) in [6.07, 6.45) is 7.56. The van der Waals surface area contributed by atoms with Crippen LogP contribution in [0.25, 0.3) is 0 Å². The fraction of sp³-hybridized carbons (Fsp3) is 0.571. The van der Waals surface area contributed by atoms with Gasteiger partial charge in [0.1, 0.15) is 17.7 Å². The van der Waals surface area contributed by atoms with Crippen molar-refractivity contribution in [1.82, 2.24) is 14.7 Å². The molecule has 0 aliphatic carbocycles. The first-order valence-electron chi connectivity index (χ1n) is 10.00. The summed E-state index contributed by atoms with van der Waals surface area (Å²) in [5, 5.41) is 4.40. The monoisotopic (exact) mass is 373 g/mol. The molecule has 2 aliphatic rings. The minimum Gasteiger partial charge on any atom is -0.490 e. The first-order chi connectivity index (χ1) is 13.2. The Morgan fingerprint density at radius 2 is 1.96 bits per heavy atom. The van der Waals surface area contributed by atoms with Gasteiger partial charge in [-0.05, 0) is 50.5 Å². The summed E-state index contributed by atoms with van der Waals surface area (Å²) in [5.41, 5.74) is 1.20. The molecule has 0 saturated carbocycles. The Bertz CT molecular complexity index is 725. The van der Waals surface area contributed by atoms with E-state index in [9.17, 15) is 4.39 Å². The number of likely N-dealkylation sites (tertiary alicyclic amines) is 1. The highest BCUT2D eigenvalue weighted by molar-refractivity contribution is 5.22. The molecular weight excluding hydrogens is 345 g/mol. The van der Waals surface area contributed by atoms with Gasteiger partial charge in [-0.2, -0.15) is 5.10 Å². The zero-order valence-corrected chi connectivity index (χ0v) is 15.9.